The molecule has 2 aromatic heterocycles. The predicted molar refractivity (Wildman–Crippen MR) is 146 cm³/mol. The fourth-order valence-corrected chi connectivity index (χ4v) is 5.54. The molecule has 0 radical (unpaired) electrons. The van der Waals surface area contributed by atoms with Crippen LogP contribution in [-0.4, -0.2) is 65.5 Å². The SMILES string of the molecule is N#Cc1ccc(-c2cnc3ccc(N4CCCC4c4cc(F)ccc4F)nn23)cc1OCCCN1CCOCC1. The standard InChI is InChI=1S/C30H30F2N6O2/c31-23-6-7-25(32)24(18-23)26-3-1-11-37(26)30-9-8-29-34-20-27(38(29)35-30)21-4-5-22(19-33)28(17-21)40-14-2-10-36-12-15-39-16-13-36/h4-9,17-18,20,26H,1-3,10-16H2. The third kappa shape index (κ3) is 5.35. The van der Waals surface area contributed by atoms with Gasteiger partial charge in [0, 0.05) is 37.3 Å². The molecule has 2 aromatic carbocycles. The number of rotatable bonds is 8. The fourth-order valence-electron chi connectivity index (χ4n) is 5.54. The van der Waals surface area contributed by atoms with Gasteiger partial charge >= 0.3 is 0 Å². The van der Waals surface area contributed by atoms with Crippen LogP contribution in [0.3, 0.4) is 0 Å². The normalized spacial score (nSPS) is 17.8. The number of fused-ring (bicyclic) bond motifs is 1. The Balaban J connectivity index is 1.24. The monoisotopic (exact) mass is 544 g/mol. The summed E-state index contributed by atoms with van der Waals surface area (Å²) in [6.07, 6.45) is 4.14. The number of anilines is 1. The summed E-state index contributed by atoms with van der Waals surface area (Å²) in [5.74, 6) is 0.307. The number of hydrogen-bond donors (Lipinski definition) is 0. The molecule has 1 atom stereocenters. The lowest BCUT2D eigenvalue weighted by molar-refractivity contribution is 0.0358. The van der Waals surface area contributed by atoms with Crippen molar-refractivity contribution in [1.29, 1.82) is 5.26 Å². The molecular formula is C30H30F2N6O2. The van der Waals surface area contributed by atoms with Crippen molar-refractivity contribution >= 4 is 11.5 Å². The second-order valence-electron chi connectivity index (χ2n) is 10.1. The number of aromatic nitrogens is 3. The molecule has 6 rings (SSSR count). The molecule has 4 heterocycles. The van der Waals surface area contributed by atoms with Gasteiger partial charge in [0.1, 0.15) is 29.3 Å². The number of hydrogen-bond acceptors (Lipinski definition) is 7. The van der Waals surface area contributed by atoms with Crippen LogP contribution in [0, 0.1) is 23.0 Å². The van der Waals surface area contributed by atoms with Gasteiger partial charge in [-0.05, 0) is 61.7 Å². The molecule has 1 unspecified atom stereocenters. The molecule has 0 bridgehead atoms. The van der Waals surface area contributed by atoms with E-state index in [-0.39, 0.29) is 6.04 Å². The van der Waals surface area contributed by atoms with Crippen molar-refractivity contribution in [3.8, 4) is 23.1 Å². The molecule has 2 aliphatic rings. The van der Waals surface area contributed by atoms with Crippen molar-refractivity contribution in [2.24, 2.45) is 0 Å². The first-order chi connectivity index (χ1) is 19.6. The number of benzene rings is 2. The number of nitriles is 1. The van der Waals surface area contributed by atoms with Gasteiger partial charge in [-0.1, -0.05) is 6.07 Å². The summed E-state index contributed by atoms with van der Waals surface area (Å²) in [6.45, 7) is 5.48. The largest absolute Gasteiger partial charge is 0.492 e. The highest BCUT2D eigenvalue weighted by atomic mass is 19.1. The molecule has 40 heavy (non-hydrogen) atoms. The van der Waals surface area contributed by atoms with E-state index in [1.807, 2.05) is 29.2 Å². The average Bonchev–Trinajstić information content (AvgIpc) is 3.64. The Hall–Kier alpha value is -4.07. The third-order valence-corrected chi connectivity index (χ3v) is 7.59. The highest BCUT2D eigenvalue weighted by molar-refractivity contribution is 5.67. The minimum absolute atomic E-state index is 0.306. The summed E-state index contributed by atoms with van der Waals surface area (Å²) in [5.41, 5.74) is 3.02. The molecule has 2 saturated heterocycles. The quantitative estimate of drug-likeness (QED) is 0.289. The minimum atomic E-state index is -0.455. The fraction of sp³-hybridized carbons (Fsp3) is 0.367. The van der Waals surface area contributed by atoms with Gasteiger partial charge in [0.15, 0.2) is 5.65 Å². The molecule has 2 fully saturated rings. The maximum atomic E-state index is 14.6. The summed E-state index contributed by atoms with van der Waals surface area (Å²) in [6, 6.07) is 14.7. The second-order valence-corrected chi connectivity index (χ2v) is 10.1. The van der Waals surface area contributed by atoms with E-state index in [0.29, 0.717) is 47.9 Å². The summed E-state index contributed by atoms with van der Waals surface area (Å²) in [5, 5.41) is 14.5. The molecule has 10 heteroatoms. The smallest absolute Gasteiger partial charge is 0.154 e. The minimum Gasteiger partial charge on any atom is -0.492 e. The summed E-state index contributed by atoms with van der Waals surface area (Å²) in [7, 11) is 0. The van der Waals surface area contributed by atoms with Crippen LogP contribution in [0.2, 0.25) is 0 Å². The van der Waals surface area contributed by atoms with Gasteiger partial charge in [0.05, 0.1) is 43.3 Å². The van der Waals surface area contributed by atoms with E-state index in [9.17, 15) is 14.0 Å². The van der Waals surface area contributed by atoms with Gasteiger partial charge in [-0.15, -0.1) is 5.10 Å². The van der Waals surface area contributed by atoms with E-state index < -0.39 is 11.6 Å². The highest BCUT2D eigenvalue weighted by Crippen LogP contribution is 2.37. The maximum Gasteiger partial charge on any atom is 0.154 e. The summed E-state index contributed by atoms with van der Waals surface area (Å²) < 4.78 is 41.8. The van der Waals surface area contributed by atoms with E-state index in [2.05, 4.69) is 16.0 Å². The molecule has 8 nitrogen and oxygen atoms in total. The predicted octanol–water partition coefficient (Wildman–Crippen LogP) is 4.99. The van der Waals surface area contributed by atoms with Crippen LogP contribution in [0.15, 0.2) is 54.7 Å². The van der Waals surface area contributed by atoms with E-state index in [4.69, 9.17) is 14.6 Å². The van der Waals surface area contributed by atoms with Crippen LogP contribution in [0.1, 0.15) is 36.4 Å². The third-order valence-electron chi connectivity index (χ3n) is 7.59. The Bertz CT molecular complexity index is 1550. The lowest BCUT2D eigenvalue weighted by atomic mass is 10.0. The summed E-state index contributed by atoms with van der Waals surface area (Å²) in [4.78, 5) is 8.88. The average molecular weight is 545 g/mol. The molecule has 0 spiro atoms. The zero-order valence-corrected chi connectivity index (χ0v) is 22.1. The van der Waals surface area contributed by atoms with Crippen molar-refractivity contribution in [1.82, 2.24) is 19.5 Å². The van der Waals surface area contributed by atoms with Crippen LogP contribution in [0.25, 0.3) is 16.9 Å². The first kappa shape index (κ1) is 26.2. The molecule has 0 amide bonds. The molecule has 206 valence electrons. The Labute approximate surface area is 231 Å². The zero-order chi connectivity index (χ0) is 27.5. The maximum absolute atomic E-state index is 14.6. The van der Waals surface area contributed by atoms with Crippen LogP contribution >= 0.6 is 0 Å². The van der Waals surface area contributed by atoms with Gasteiger partial charge in [-0.3, -0.25) is 4.90 Å². The van der Waals surface area contributed by atoms with E-state index in [1.165, 1.54) is 12.1 Å². The summed E-state index contributed by atoms with van der Waals surface area (Å²) >= 11 is 0. The van der Waals surface area contributed by atoms with Crippen molar-refractivity contribution in [2.45, 2.75) is 25.3 Å². The van der Waals surface area contributed by atoms with Crippen molar-refractivity contribution in [3.63, 3.8) is 0 Å². The topological polar surface area (TPSA) is 78.9 Å². The lowest BCUT2D eigenvalue weighted by Gasteiger charge is -2.26. The number of imidazole rings is 1. The van der Waals surface area contributed by atoms with Crippen molar-refractivity contribution in [3.05, 3.63) is 77.5 Å². The van der Waals surface area contributed by atoms with Crippen molar-refractivity contribution in [2.75, 3.05) is 50.9 Å². The lowest BCUT2D eigenvalue weighted by Crippen LogP contribution is -2.37. The molecule has 2 aliphatic heterocycles. The van der Waals surface area contributed by atoms with Gasteiger partial charge < -0.3 is 14.4 Å². The van der Waals surface area contributed by atoms with Gasteiger partial charge in [0.2, 0.25) is 0 Å². The highest BCUT2D eigenvalue weighted by Gasteiger charge is 2.30. The van der Waals surface area contributed by atoms with E-state index in [1.54, 1.807) is 16.8 Å². The van der Waals surface area contributed by atoms with Crippen molar-refractivity contribution < 1.29 is 18.3 Å². The molecule has 4 aromatic rings. The Morgan fingerprint density at radius 1 is 1.05 bits per heavy atom. The molecule has 0 aliphatic carbocycles. The van der Waals surface area contributed by atoms with Crippen LogP contribution in [-0.2, 0) is 4.74 Å². The molecular weight excluding hydrogens is 514 g/mol. The Kier molecular flexibility index (Phi) is 7.58. The van der Waals surface area contributed by atoms with Crippen LogP contribution in [0.4, 0.5) is 14.6 Å². The first-order valence-corrected chi connectivity index (χ1v) is 13.6. The van der Waals surface area contributed by atoms with Gasteiger partial charge in [-0.25, -0.2) is 18.3 Å². The number of nitrogens with zero attached hydrogens (tertiary/aromatic N) is 6. The Morgan fingerprint density at radius 3 is 2.77 bits per heavy atom. The van der Waals surface area contributed by atoms with Gasteiger partial charge in [-0.2, -0.15) is 5.26 Å². The van der Waals surface area contributed by atoms with E-state index >= 15 is 0 Å². The van der Waals surface area contributed by atoms with Crippen LogP contribution in [0.5, 0.6) is 5.75 Å². The number of morpholine rings is 1. The zero-order valence-electron chi connectivity index (χ0n) is 22.1. The first-order valence-electron chi connectivity index (χ1n) is 13.6. The second kappa shape index (κ2) is 11.6. The van der Waals surface area contributed by atoms with Gasteiger partial charge in [0.25, 0.3) is 0 Å². The molecule has 0 N–H and O–H groups in total. The van der Waals surface area contributed by atoms with Crippen LogP contribution < -0.4 is 9.64 Å². The van der Waals surface area contributed by atoms with E-state index in [0.717, 1.165) is 63.0 Å². The number of halogens is 2. The number of ether oxygens (including phenoxy) is 2. The molecule has 0 saturated carbocycles. The Morgan fingerprint density at radius 2 is 1.93 bits per heavy atom.